The average Bonchev–Trinajstić information content (AvgIpc) is 2.75. The molecule has 0 saturated carbocycles. The molecule has 0 saturated heterocycles. The van der Waals surface area contributed by atoms with Crippen molar-refractivity contribution in [2.24, 2.45) is 0 Å². The SMILES string of the molecule is Brc1ccc(-c2cc(-c3ccccc3)cc(-c3ccc(Br)cc3)[o+]2)cc1.FB(F)F.[F-]. The molecule has 0 bridgehead atoms. The zero-order valence-electron chi connectivity index (χ0n) is 15.9. The van der Waals surface area contributed by atoms with E-state index >= 15 is 0 Å². The second kappa shape index (κ2) is 11.8. The van der Waals surface area contributed by atoms with Crippen LogP contribution in [0.25, 0.3) is 33.8 Å². The normalized spacial score (nSPS) is 9.84. The third kappa shape index (κ3) is 7.33. The molecule has 0 aliphatic heterocycles. The largest absolute Gasteiger partial charge is 1.00 e. The molecule has 0 spiro atoms. The molecule has 0 aliphatic rings. The number of rotatable bonds is 3. The van der Waals surface area contributed by atoms with E-state index < -0.39 is 7.54 Å². The van der Waals surface area contributed by atoms with Gasteiger partial charge in [-0.05, 0) is 54.1 Å². The maximum Gasteiger partial charge on any atom is 0.762 e. The summed E-state index contributed by atoms with van der Waals surface area (Å²) in [4.78, 5) is 0. The molecule has 0 fully saturated rings. The van der Waals surface area contributed by atoms with Crippen LogP contribution in [0.2, 0.25) is 0 Å². The molecule has 8 heteroatoms. The highest BCUT2D eigenvalue weighted by Gasteiger charge is 2.20. The molecule has 1 nitrogen and oxygen atoms in total. The Kier molecular flexibility index (Phi) is 9.46. The summed E-state index contributed by atoms with van der Waals surface area (Å²) in [6.07, 6.45) is 0. The first-order valence-corrected chi connectivity index (χ1v) is 10.5. The summed E-state index contributed by atoms with van der Waals surface area (Å²) >= 11 is 6.98. The van der Waals surface area contributed by atoms with Crippen molar-refractivity contribution >= 4 is 39.4 Å². The predicted octanol–water partition coefficient (Wildman–Crippen LogP) is 5.97. The predicted molar refractivity (Wildman–Crippen MR) is 124 cm³/mol. The molecule has 0 radical (unpaired) electrons. The fraction of sp³-hybridized carbons (Fsp3) is 0. The van der Waals surface area contributed by atoms with Gasteiger partial charge in [0.25, 0.3) is 0 Å². The Balaban J connectivity index is 0.000000631. The summed E-state index contributed by atoms with van der Waals surface area (Å²) in [5, 5.41) is 0. The maximum atomic E-state index is 9.67. The first kappa shape index (κ1) is 24.8. The Morgan fingerprint density at radius 2 is 0.935 bits per heavy atom. The zero-order chi connectivity index (χ0) is 21.5. The van der Waals surface area contributed by atoms with Crippen molar-refractivity contribution in [3.63, 3.8) is 0 Å². The molecule has 0 amide bonds. The molecule has 3 aromatic carbocycles. The van der Waals surface area contributed by atoms with Crippen LogP contribution >= 0.6 is 31.9 Å². The minimum Gasteiger partial charge on any atom is -1.00 e. The van der Waals surface area contributed by atoms with Gasteiger partial charge in [0.2, 0.25) is 0 Å². The second-order valence-corrected chi connectivity index (χ2v) is 8.03. The first-order chi connectivity index (χ1) is 14.4. The molecule has 0 unspecified atom stereocenters. The van der Waals surface area contributed by atoms with Crippen LogP contribution in [0.3, 0.4) is 0 Å². The summed E-state index contributed by atoms with van der Waals surface area (Å²) in [7, 11) is -3.67. The third-order valence-electron chi connectivity index (χ3n) is 4.16. The molecule has 0 N–H and O–H groups in total. The summed E-state index contributed by atoms with van der Waals surface area (Å²) < 4.78 is 37.4. The van der Waals surface area contributed by atoms with E-state index in [-0.39, 0.29) is 4.70 Å². The lowest BCUT2D eigenvalue weighted by Gasteiger charge is -2.02. The van der Waals surface area contributed by atoms with Gasteiger partial charge >= 0.3 is 19.1 Å². The number of hydrogen-bond acceptors (Lipinski definition) is 0. The van der Waals surface area contributed by atoms with E-state index in [2.05, 4.69) is 92.5 Å². The summed E-state index contributed by atoms with van der Waals surface area (Å²) in [5.74, 6) is 1.69. The van der Waals surface area contributed by atoms with E-state index in [1.807, 2.05) is 30.3 Å². The van der Waals surface area contributed by atoms with Crippen LogP contribution in [0.15, 0.2) is 104 Å². The number of hydrogen-bond donors (Lipinski definition) is 0. The highest BCUT2D eigenvalue weighted by Crippen LogP contribution is 2.33. The van der Waals surface area contributed by atoms with Crippen LogP contribution < -0.4 is 4.70 Å². The molecule has 4 aromatic rings. The van der Waals surface area contributed by atoms with Gasteiger partial charge in [-0.1, -0.05) is 62.2 Å². The Bertz CT molecular complexity index is 1030. The van der Waals surface area contributed by atoms with Gasteiger partial charge in [0.15, 0.2) is 0 Å². The van der Waals surface area contributed by atoms with Crippen LogP contribution in [0.1, 0.15) is 0 Å². The van der Waals surface area contributed by atoms with Gasteiger partial charge in [0.05, 0.1) is 23.3 Å². The lowest BCUT2D eigenvalue weighted by molar-refractivity contribution is -0.00000888. The monoisotopic (exact) mass is 552 g/mol. The highest BCUT2D eigenvalue weighted by atomic mass is 79.9. The van der Waals surface area contributed by atoms with Crippen LogP contribution in [0.4, 0.5) is 12.9 Å². The second-order valence-electron chi connectivity index (χ2n) is 6.20. The van der Waals surface area contributed by atoms with Crippen LogP contribution in [-0.4, -0.2) is 7.54 Å². The zero-order valence-corrected chi connectivity index (χ0v) is 19.1. The highest BCUT2D eigenvalue weighted by molar-refractivity contribution is 9.10. The van der Waals surface area contributed by atoms with Crippen molar-refractivity contribution < 1.29 is 22.1 Å². The van der Waals surface area contributed by atoms with Crippen molar-refractivity contribution in [3.05, 3.63) is 99.9 Å². The van der Waals surface area contributed by atoms with Crippen molar-refractivity contribution in [1.82, 2.24) is 0 Å². The quantitative estimate of drug-likeness (QED) is 0.173. The molecule has 31 heavy (non-hydrogen) atoms. The first-order valence-electron chi connectivity index (χ1n) is 8.90. The Labute approximate surface area is 194 Å². The van der Waals surface area contributed by atoms with Gasteiger partial charge < -0.3 is 4.70 Å². The van der Waals surface area contributed by atoms with Gasteiger partial charge in [-0.15, -0.1) is 0 Å². The van der Waals surface area contributed by atoms with Crippen LogP contribution in [0.5, 0.6) is 0 Å². The smallest absolute Gasteiger partial charge is 0.762 e. The van der Waals surface area contributed by atoms with E-state index in [1.54, 1.807) is 0 Å². The molecule has 1 aromatic heterocycles. The minimum atomic E-state index is -3.67. The summed E-state index contributed by atoms with van der Waals surface area (Å²) in [5.41, 5.74) is 4.39. The lowest BCUT2D eigenvalue weighted by atomic mass is 10.0. The van der Waals surface area contributed by atoms with Crippen molar-refractivity contribution in [2.45, 2.75) is 0 Å². The van der Waals surface area contributed by atoms with Gasteiger partial charge in [0, 0.05) is 14.5 Å². The molecule has 0 atom stereocenters. The third-order valence-corrected chi connectivity index (χ3v) is 5.22. The van der Waals surface area contributed by atoms with Crippen LogP contribution in [-0.2, 0) is 0 Å². The number of halogens is 6. The van der Waals surface area contributed by atoms with E-state index in [0.717, 1.165) is 37.2 Å². The minimum absolute atomic E-state index is 0. The average molecular weight is 554 g/mol. The van der Waals surface area contributed by atoms with Crippen molar-refractivity contribution in [1.29, 1.82) is 0 Å². The molecule has 0 aliphatic carbocycles. The van der Waals surface area contributed by atoms with Crippen LogP contribution in [0, 0.1) is 0 Å². The van der Waals surface area contributed by atoms with Gasteiger partial charge in [-0.3, -0.25) is 12.9 Å². The fourth-order valence-corrected chi connectivity index (χ4v) is 3.34. The molecule has 158 valence electrons. The van der Waals surface area contributed by atoms with Crippen molar-refractivity contribution in [2.75, 3.05) is 0 Å². The van der Waals surface area contributed by atoms with Crippen molar-refractivity contribution in [3.8, 4) is 33.8 Å². The van der Waals surface area contributed by atoms with E-state index in [0.29, 0.717) is 0 Å². The molecular formula is C23H15BBr2F4O. The van der Waals surface area contributed by atoms with E-state index in [1.165, 1.54) is 5.56 Å². The Morgan fingerprint density at radius 3 is 1.32 bits per heavy atom. The standard InChI is InChI=1S/C23H15Br2O.BF3.FH/c24-20-10-6-17(7-11-20)22-14-19(16-4-2-1-3-5-16)15-23(26-22)18-8-12-21(25)13-9-18;2-1(3)4;/h1-15H;;1H/q+1;;/p-1. The molecular weight excluding hydrogens is 539 g/mol. The lowest BCUT2D eigenvalue weighted by Crippen LogP contribution is -3.00. The van der Waals surface area contributed by atoms with Gasteiger partial charge in [0.1, 0.15) is 0 Å². The Morgan fingerprint density at radius 1 is 0.548 bits per heavy atom. The molecule has 4 rings (SSSR count). The molecule has 1 heterocycles. The summed E-state index contributed by atoms with van der Waals surface area (Å²) in [6, 6.07) is 30.9. The maximum absolute atomic E-state index is 9.67. The van der Waals surface area contributed by atoms with E-state index in [9.17, 15) is 12.9 Å². The van der Waals surface area contributed by atoms with Gasteiger partial charge in [-0.25, -0.2) is 4.42 Å². The Hall–Kier alpha value is -2.45. The van der Waals surface area contributed by atoms with E-state index in [4.69, 9.17) is 4.42 Å². The fourth-order valence-electron chi connectivity index (χ4n) is 2.81. The topological polar surface area (TPSA) is 11.3 Å². The van der Waals surface area contributed by atoms with Gasteiger partial charge in [-0.2, -0.15) is 0 Å². The summed E-state index contributed by atoms with van der Waals surface area (Å²) in [6.45, 7) is 0. The number of benzene rings is 3.